The van der Waals surface area contributed by atoms with Crippen LogP contribution in [-0.4, -0.2) is 43.6 Å². The molecule has 24 heavy (non-hydrogen) atoms. The molecule has 0 N–H and O–H groups in total. The van der Waals surface area contributed by atoms with Crippen LogP contribution >= 0.6 is 0 Å². The van der Waals surface area contributed by atoms with Gasteiger partial charge in [0.25, 0.3) is 5.91 Å². The van der Waals surface area contributed by atoms with Crippen LogP contribution in [0.2, 0.25) is 0 Å². The average Bonchev–Trinajstić information content (AvgIpc) is 3.24. The SMILES string of the molecule is O=C1C2=C(CCCC2)CN1c1ccc(OCCN2CCCC2)cc1. The fourth-order valence-electron chi connectivity index (χ4n) is 4.06. The molecule has 0 unspecified atom stereocenters. The van der Waals surface area contributed by atoms with Crippen LogP contribution in [0.15, 0.2) is 35.4 Å². The normalized spacial score (nSPS) is 21.5. The zero-order valence-corrected chi connectivity index (χ0v) is 14.3. The maximum atomic E-state index is 12.6. The third-order valence-electron chi connectivity index (χ3n) is 5.46. The molecular formula is C20H26N2O2. The van der Waals surface area contributed by atoms with Gasteiger partial charge in [-0.25, -0.2) is 0 Å². The molecule has 0 saturated carbocycles. The Hall–Kier alpha value is -1.81. The standard InChI is InChI=1S/C20H26N2O2/c23-20-19-6-2-1-5-16(19)15-22(20)17-7-9-18(10-8-17)24-14-13-21-11-3-4-12-21/h7-10H,1-6,11-15H2. The summed E-state index contributed by atoms with van der Waals surface area (Å²) < 4.78 is 5.85. The highest BCUT2D eigenvalue weighted by Gasteiger charge is 2.32. The van der Waals surface area contributed by atoms with Crippen molar-refractivity contribution in [2.75, 3.05) is 37.7 Å². The van der Waals surface area contributed by atoms with Crippen LogP contribution in [0.5, 0.6) is 5.75 Å². The van der Waals surface area contributed by atoms with Gasteiger partial charge in [0.2, 0.25) is 0 Å². The number of ether oxygens (including phenoxy) is 1. The first-order valence-electron chi connectivity index (χ1n) is 9.29. The fourth-order valence-corrected chi connectivity index (χ4v) is 4.06. The molecule has 4 nitrogen and oxygen atoms in total. The minimum atomic E-state index is 0.215. The number of carbonyl (C=O) groups excluding carboxylic acids is 1. The summed E-state index contributed by atoms with van der Waals surface area (Å²) in [5.41, 5.74) is 3.42. The number of rotatable bonds is 5. The minimum absolute atomic E-state index is 0.215. The molecule has 1 aromatic carbocycles. The smallest absolute Gasteiger partial charge is 0.254 e. The largest absolute Gasteiger partial charge is 0.492 e. The Morgan fingerprint density at radius 1 is 0.958 bits per heavy atom. The number of hydrogen-bond donors (Lipinski definition) is 0. The molecule has 2 heterocycles. The Bertz CT molecular complexity index is 630. The van der Waals surface area contributed by atoms with E-state index in [4.69, 9.17) is 4.74 Å². The summed E-state index contributed by atoms with van der Waals surface area (Å²) in [6.07, 6.45) is 7.07. The number of amides is 1. The molecule has 1 amide bonds. The fraction of sp³-hybridized carbons (Fsp3) is 0.550. The zero-order valence-electron chi connectivity index (χ0n) is 14.3. The molecule has 4 heteroatoms. The quantitative estimate of drug-likeness (QED) is 0.831. The van der Waals surface area contributed by atoms with Gasteiger partial charge in [-0.05, 0) is 81.5 Å². The molecule has 0 bridgehead atoms. The second-order valence-corrected chi connectivity index (χ2v) is 7.07. The Labute approximate surface area is 144 Å². The third-order valence-corrected chi connectivity index (χ3v) is 5.46. The van der Waals surface area contributed by atoms with Gasteiger partial charge in [0.1, 0.15) is 12.4 Å². The molecule has 128 valence electrons. The van der Waals surface area contributed by atoms with Gasteiger partial charge in [-0.2, -0.15) is 0 Å². The molecule has 1 fully saturated rings. The molecule has 4 rings (SSSR count). The van der Waals surface area contributed by atoms with E-state index in [9.17, 15) is 4.79 Å². The second kappa shape index (κ2) is 6.98. The van der Waals surface area contributed by atoms with E-state index >= 15 is 0 Å². The number of likely N-dealkylation sites (tertiary alicyclic amines) is 1. The summed E-state index contributed by atoms with van der Waals surface area (Å²) in [6.45, 7) is 4.93. The predicted molar refractivity (Wildman–Crippen MR) is 95.5 cm³/mol. The van der Waals surface area contributed by atoms with Gasteiger partial charge in [0, 0.05) is 24.4 Å². The first-order valence-corrected chi connectivity index (χ1v) is 9.29. The first kappa shape index (κ1) is 15.7. The van der Waals surface area contributed by atoms with Crippen LogP contribution in [0.25, 0.3) is 0 Å². The van der Waals surface area contributed by atoms with E-state index in [1.807, 2.05) is 29.2 Å². The van der Waals surface area contributed by atoms with Crippen molar-refractivity contribution in [1.82, 2.24) is 4.90 Å². The van der Waals surface area contributed by atoms with Gasteiger partial charge in [0.15, 0.2) is 0 Å². The molecular weight excluding hydrogens is 300 g/mol. The molecule has 0 atom stereocenters. The molecule has 1 aromatic rings. The topological polar surface area (TPSA) is 32.8 Å². The number of carbonyl (C=O) groups is 1. The number of anilines is 1. The zero-order chi connectivity index (χ0) is 16.4. The molecule has 0 aromatic heterocycles. The lowest BCUT2D eigenvalue weighted by molar-refractivity contribution is -0.114. The maximum absolute atomic E-state index is 12.6. The van der Waals surface area contributed by atoms with Crippen LogP contribution < -0.4 is 9.64 Å². The second-order valence-electron chi connectivity index (χ2n) is 7.07. The molecule has 1 saturated heterocycles. The average molecular weight is 326 g/mol. The predicted octanol–water partition coefficient (Wildman–Crippen LogP) is 3.38. The highest BCUT2D eigenvalue weighted by atomic mass is 16.5. The molecule has 0 spiro atoms. The van der Waals surface area contributed by atoms with Crippen molar-refractivity contribution in [3.05, 3.63) is 35.4 Å². The van der Waals surface area contributed by atoms with Crippen LogP contribution in [0, 0.1) is 0 Å². The summed E-state index contributed by atoms with van der Waals surface area (Å²) in [7, 11) is 0. The molecule has 2 aliphatic heterocycles. The summed E-state index contributed by atoms with van der Waals surface area (Å²) in [6, 6.07) is 8.01. The van der Waals surface area contributed by atoms with Gasteiger partial charge in [-0.3, -0.25) is 9.69 Å². The van der Waals surface area contributed by atoms with E-state index in [0.717, 1.165) is 56.0 Å². The van der Waals surface area contributed by atoms with E-state index in [-0.39, 0.29) is 5.91 Å². The highest BCUT2D eigenvalue weighted by molar-refractivity contribution is 6.09. The van der Waals surface area contributed by atoms with E-state index in [0.29, 0.717) is 0 Å². The summed E-state index contributed by atoms with van der Waals surface area (Å²) in [5, 5.41) is 0. The van der Waals surface area contributed by atoms with Crippen molar-refractivity contribution < 1.29 is 9.53 Å². The molecule has 0 radical (unpaired) electrons. The van der Waals surface area contributed by atoms with Crippen LogP contribution in [0.1, 0.15) is 38.5 Å². The number of nitrogens with zero attached hydrogens (tertiary/aromatic N) is 2. The third kappa shape index (κ3) is 3.20. The van der Waals surface area contributed by atoms with Crippen molar-refractivity contribution in [2.45, 2.75) is 38.5 Å². The van der Waals surface area contributed by atoms with E-state index in [1.54, 1.807) is 0 Å². The van der Waals surface area contributed by atoms with Crippen LogP contribution in [0.3, 0.4) is 0 Å². The highest BCUT2D eigenvalue weighted by Crippen LogP contribution is 2.34. The van der Waals surface area contributed by atoms with Gasteiger partial charge >= 0.3 is 0 Å². The maximum Gasteiger partial charge on any atom is 0.254 e. The van der Waals surface area contributed by atoms with Crippen LogP contribution in [0.4, 0.5) is 5.69 Å². The van der Waals surface area contributed by atoms with Crippen molar-refractivity contribution >= 4 is 11.6 Å². The van der Waals surface area contributed by atoms with E-state index in [2.05, 4.69) is 4.90 Å². The molecule has 1 aliphatic carbocycles. The van der Waals surface area contributed by atoms with Crippen molar-refractivity contribution in [2.24, 2.45) is 0 Å². The van der Waals surface area contributed by atoms with Crippen molar-refractivity contribution in [3.63, 3.8) is 0 Å². The lowest BCUT2D eigenvalue weighted by Crippen LogP contribution is -2.26. The minimum Gasteiger partial charge on any atom is -0.492 e. The van der Waals surface area contributed by atoms with Gasteiger partial charge < -0.3 is 9.64 Å². The van der Waals surface area contributed by atoms with Gasteiger partial charge in [-0.1, -0.05) is 0 Å². The lowest BCUT2D eigenvalue weighted by Gasteiger charge is -2.18. The summed E-state index contributed by atoms with van der Waals surface area (Å²) >= 11 is 0. The molecule has 3 aliphatic rings. The Balaban J connectivity index is 1.33. The van der Waals surface area contributed by atoms with Crippen molar-refractivity contribution in [3.8, 4) is 5.75 Å². The Kier molecular flexibility index (Phi) is 4.56. The number of hydrogen-bond acceptors (Lipinski definition) is 3. The monoisotopic (exact) mass is 326 g/mol. The number of benzene rings is 1. The Morgan fingerprint density at radius 3 is 2.46 bits per heavy atom. The van der Waals surface area contributed by atoms with E-state index < -0.39 is 0 Å². The Morgan fingerprint density at radius 2 is 1.71 bits per heavy atom. The summed E-state index contributed by atoms with van der Waals surface area (Å²) in [4.78, 5) is 16.9. The van der Waals surface area contributed by atoms with Gasteiger partial charge in [0.05, 0.1) is 0 Å². The lowest BCUT2D eigenvalue weighted by atomic mass is 9.94. The summed E-state index contributed by atoms with van der Waals surface area (Å²) in [5.74, 6) is 1.11. The first-order chi connectivity index (χ1) is 11.8. The van der Waals surface area contributed by atoms with Crippen molar-refractivity contribution in [1.29, 1.82) is 0 Å². The van der Waals surface area contributed by atoms with E-state index in [1.165, 1.54) is 37.9 Å². The van der Waals surface area contributed by atoms with Gasteiger partial charge in [-0.15, -0.1) is 0 Å². The van der Waals surface area contributed by atoms with Crippen LogP contribution in [-0.2, 0) is 4.79 Å².